The van der Waals surface area contributed by atoms with Crippen molar-refractivity contribution in [3.8, 4) is 0 Å². The van der Waals surface area contributed by atoms with Gasteiger partial charge in [0.15, 0.2) is 0 Å². The fourth-order valence-corrected chi connectivity index (χ4v) is 1.17. The van der Waals surface area contributed by atoms with Gasteiger partial charge in [0, 0.05) is 20.1 Å². The van der Waals surface area contributed by atoms with Gasteiger partial charge in [-0.1, -0.05) is 0 Å². The van der Waals surface area contributed by atoms with E-state index in [-0.39, 0.29) is 29.6 Å². The van der Waals surface area contributed by atoms with Crippen LogP contribution in [0.25, 0.3) is 0 Å². The normalized spacial score (nSPS) is 11.5. The summed E-state index contributed by atoms with van der Waals surface area (Å²) >= 11 is 0. The Hall–Kier alpha value is 1.23. The Labute approximate surface area is 102 Å². The Kier molecular flexibility index (Phi) is 10.9. The SMILES string of the molecule is CCOC(C)(OCC)OP(O)O.[NaH]. The average molecular weight is 222 g/mol. The van der Waals surface area contributed by atoms with Gasteiger partial charge in [0.25, 0.3) is 5.97 Å². The van der Waals surface area contributed by atoms with Crippen LogP contribution in [-0.4, -0.2) is 58.5 Å². The first-order valence-electron chi connectivity index (χ1n) is 3.69. The molecule has 0 radical (unpaired) electrons. The molecule has 0 fully saturated rings. The maximum absolute atomic E-state index is 8.58. The molecule has 0 aliphatic carbocycles. The van der Waals surface area contributed by atoms with Crippen molar-refractivity contribution in [1.82, 2.24) is 0 Å². The second-order valence-corrected chi connectivity index (χ2v) is 2.76. The predicted octanol–water partition coefficient (Wildman–Crippen LogP) is 0.313. The summed E-state index contributed by atoms with van der Waals surface area (Å²) in [4.78, 5) is 17.2. The van der Waals surface area contributed by atoms with E-state index < -0.39 is 14.6 Å². The molecule has 0 spiro atoms. The number of rotatable bonds is 6. The molecule has 0 rings (SSSR count). The molecule has 0 bridgehead atoms. The van der Waals surface area contributed by atoms with Crippen LogP contribution in [0.3, 0.4) is 0 Å². The van der Waals surface area contributed by atoms with E-state index >= 15 is 0 Å². The van der Waals surface area contributed by atoms with Gasteiger partial charge in [-0.2, -0.15) is 0 Å². The molecule has 0 atom stereocenters. The molecule has 5 nitrogen and oxygen atoms in total. The van der Waals surface area contributed by atoms with E-state index in [1.54, 1.807) is 13.8 Å². The van der Waals surface area contributed by atoms with Crippen molar-refractivity contribution in [2.24, 2.45) is 0 Å². The van der Waals surface area contributed by atoms with Gasteiger partial charge in [-0.25, -0.2) is 0 Å². The number of hydrogen-bond acceptors (Lipinski definition) is 5. The monoisotopic (exact) mass is 222 g/mol. The summed E-state index contributed by atoms with van der Waals surface area (Å²) in [5.41, 5.74) is 0. The maximum atomic E-state index is 8.58. The van der Waals surface area contributed by atoms with Gasteiger partial charge >= 0.3 is 38.2 Å². The third-order valence-corrected chi connectivity index (χ3v) is 1.56. The molecular weight excluding hydrogens is 206 g/mol. The van der Waals surface area contributed by atoms with Crippen molar-refractivity contribution in [1.29, 1.82) is 0 Å². The molecule has 0 aromatic carbocycles. The summed E-state index contributed by atoms with van der Waals surface area (Å²) in [6.45, 7) is 5.76. The molecule has 0 amide bonds. The summed E-state index contributed by atoms with van der Waals surface area (Å²) in [6, 6.07) is 0. The topological polar surface area (TPSA) is 68.2 Å². The van der Waals surface area contributed by atoms with E-state index in [1.165, 1.54) is 6.92 Å². The van der Waals surface area contributed by atoms with Gasteiger partial charge in [-0.05, 0) is 13.8 Å². The third-order valence-electron chi connectivity index (χ3n) is 1.06. The van der Waals surface area contributed by atoms with Crippen molar-refractivity contribution >= 4 is 38.2 Å². The first kappa shape index (κ1) is 16.7. The third kappa shape index (κ3) is 8.24. The van der Waals surface area contributed by atoms with E-state index in [9.17, 15) is 0 Å². The molecule has 7 heteroatoms. The summed E-state index contributed by atoms with van der Waals surface area (Å²) in [6.07, 6.45) is 0. The zero-order chi connectivity index (χ0) is 9.61. The van der Waals surface area contributed by atoms with Crippen LogP contribution in [0, 0.1) is 0 Å². The van der Waals surface area contributed by atoms with Crippen molar-refractivity contribution < 1.29 is 23.8 Å². The van der Waals surface area contributed by atoms with Crippen molar-refractivity contribution in [3.63, 3.8) is 0 Å². The van der Waals surface area contributed by atoms with Gasteiger partial charge < -0.3 is 19.3 Å². The van der Waals surface area contributed by atoms with Crippen molar-refractivity contribution in [2.45, 2.75) is 26.7 Å². The van der Waals surface area contributed by atoms with Crippen LogP contribution in [0.1, 0.15) is 20.8 Å². The van der Waals surface area contributed by atoms with Gasteiger partial charge in [0.1, 0.15) is 0 Å². The Bertz CT molecular complexity index is 118. The molecule has 0 aliphatic rings. The zero-order valence-corrected chi connectivity index (χ0v) is 8.38. The van der Waals surface area contributed by atoms with Crippen LogP contribution in [0.4, 0.5) is 0 Å². The van der Waals surface area contributed by atoms with Crippen LogP contribution < -0.4 is 0 Å². The summed E-state index contributed by atoms with van der Waals surface area (Å²) in [5.74, 6) is -1.35. The molecule has 13 heavy (non-hydrogen) atoms. The summed E-state index contributed by atoms with van der Waals surface area (Å²) in [7, 11) is -2.46. The van der Waals surface area contributed by atoms with Gasteiger partial charge in [0.05, 0.1) is 0 Å². The van der Waals surface area contributed by atoms with E-state index in [0.29, 0.717) is 13.2 Å². The van der Waals surface area contributed by atoms with E-state index in [1.807, 2.05) is 0 Å². The fraction of sp³-hybridized carbons (Fsp3) is 1.00. The van der Waals surface area contributed by atoms with Crippen LogP contribution in [0.5, 0.6) is 0 Å². The second-order valence-electron chi connectivity index (χ2n) is 2.07. The first-order valence-corrected chi connectivity index (χ1v) is 4.85. The molecular formula is C6H16NaO5P. The van der Waals surface area contributed by atoms with Gasteiger partial charge in [0.2, 0.25) is 0 Å². The van der Waals surface area contributed by atoms with Crippen molar-refractivity contribution in [3.05, 3.63) is 0 Å². The zero-order valence-electron chi connectivity index (χ0n) is 7.48. The van der Waals surface area contributed by atoms with Crippen LogP contribution in [0.2, 0.25) is 0 Å². The summed E-state index contributed by atoms with van der Waals surface area (Å²) < 4.78 is 14.7. The second kappa shape index (κ2) is 8.53. The molecule has 0 aromatic rings. The predicted molar refractivity (Wildman–Crippen MR) is 51.2 cm³/mol. The van der Waals surface area contributed by atoms with Crippen LogP contribution >= 0.6 is 8.60 Å². The van der Waals surface area contributed by atoms with E-state index in [0.717, 1.165) is 0 Å². The van der Waals surface area contributed by atoms with Gasteiger partial charge in [-0.3, -0.25) is 4.52 Å². The Balaban J connectivity index is 0. The minimum atomic E-state index is -2.46. The number of hydrogen-bond donors (Lipinski definition) is 2. The molecule has 0 heterocycles. The molecule has 0 unspecified atom stereocenters. The average Bonchev–Trinajstić information content (AvgIpc) is 1.85. The van der Waals surface area contributed by atoms with Gasteiger partial charge in [-0.15, -0.1) is 0 Å². The molecule has 0 saturated heterocycles. The molecule has 0 saturated carbocycles. The fourth-order valence-electron chi connectivity index (χ4n) is 0.767. The summed E-state index contributed by atoms with van der Waals surface area (Å²) in [5, 5.41) is 0. The Morgan fingerprint density at radius 1 is 1.15 bits per heavy atom. The van der Waals surface area contributed by atoms with Crippen molar-refractivity contribution in [2.75, 3.05) is 13.2 Å². The molecule has 76 valence electrons. The Morgan fingerprint density at radius 2 is 1.54 bits per heavy atom. The van der Waals surface area contributed by atoms with E-state index in [2.05, 4.69) is 4.52 Å². The standard InChI is InChI=1S/C6H15O5P.Na.H/c1-4-9-6(3,10-5-2)11-12(7)8;;/h7-8H,4-5H2,1-3H3;;. The Morgan fingerprint density at radius 3 is 1.77 bits per heavy atom. The van der Waals surface area contributed by atoms with Crippen LogP contribution in [0.15, 0.2) is 0 Å². The first-order chi connectivity index (χ1) is 5.54. The van der Waals surface area contributed by atoms with Crippen LogP contribution in [-0.2, 0) is 14.0 Å². The molecule has 0 aromatic heterocycles. The molecule has 2 N–H and O–H groups in total. The van der Waals surface area contributed by atoms with E-state index in [4.69, 9.17) is 19.3 Å². The minimum absolute atomic E-state index is 0. The molecule has 0 aliphatic heterocycles. The quantitative estimate of drug-likeness (QED) is 0.384. The number of ether oxygens (including phenoxy) is 2.